The Morgan fingerprint density at radius 1 is 1.04 bits per heavy atom. The lowest BCUT2D eigenvalue weighted by Gasteiger charge is -2.04. The lowest BCUT2D eigenvalue weighted by Crippen LogP contribution is -1.97. The summed E-state index contributed by atoms with van der Waals surface area (Å²) in [6.45, 7) is 4.75. The van der Waals surface area contributed by atoms with Crippen LogP contribution in [0.4, 0.5) is 5.69 Å². The number of carbonyl (C=O) groups excluding carboxylic acids is 1. The van der Waals surface area contributed by atoms with Gasteiger partial charge in [-0.15, -0.1) is 0 Å². The summed E-state index contributed by atoms with van der Waals surface area (Å²) in [6, 6.07) is 15.5. The number of nitrogens with one attached hydrogen (secondary N) is 1. The third kappa shape index (κ3) is 5.58. The molecule has 3 nitrogen and oxygen atoms in total. The van der Waals surface area contributed by atoms with E-state index < -0.39 is 0 Å². The number of unbranched alkanes of at least 4 members (excludes halogenated alkanes) is 1. The van der Waals surface area contributed by atoms with Crippen molar-refractivity contribution in [1.29, 1.82) is 0 Å². The van der Waals surface area contributed by atoms with Gasteiger partial charge in [0.1, 0.15) is 5.75 Å². The van der Waals surface area contributed by atoms with E-state index in [0.29, 0.717) is 12.2 Å². The molecule has 0 aromatic heterocycles. The first-order chi connectivity index (χ1) is 11.7. The van der Waals surface area contributed by atoms with E-state index in [2.05, 4.69) is 24.4 Å². The Balaban J connectivity index is 1.87. The Bertz CT molecular complexity index is 657. The maximum absolute atomic E-state index is 12.1. The first kappa shape index (κ1) is 17.8. The highest BCUT2D eigenvalue weighted by Crippen LogP contribution is 2.14. The molecule has 1 N–H and O–H groups in total. The summed E-state index contributed by atoms with van der Waals surface area (Å²) in [5, 5.41) is 3.13. The average Bonchev–Trinajstić information content (AvgIpc) is 2.62. The van der Waals surface area contributed by atoms with Crippen molar-refractivity contribution in [2.75, 3.05) is 11.9 Å². The maximum atomic E-state index is 12.1. The normalized spacial score (nSPS) is 10.8. The molecule has 3 heteroatoms. The van der Waals surface area contributed by atoms with Crippen LogP contribution in [-0.4, -0.2) is 12.4 Å². The number of anilines is 1. The summed E-state index contributed by atoms with van der Waals surface area (Å²) in [5.41, 5.74) is 2.97. The predicted molar refractivity (Wildman–Crippen MR) is 99.8 cm³/mol. The number of hydrogen-bond acceptors (Lipinski definition) is 3. The van der Waals surface area contributed by atoms with Gasteiger partial charge in [0, 0.05) is 23.5 Å². The van der Waals surface area contributed by atoms with E-state index in [9.17, 15) is 4.79 Å². The largest absolute Gasteiger partial charge is 0.494 e. The highest BCUT2D eigenvalue weighted by atomic mass is 16.5. The summed E-state index contributed by atoms with van der Waals surface area (Å²) in [6.07, 6.45) is 6.75. The molecule has 2 aromatic rings. The van der Waals surface area contributed by atoms with Gasteiger partial charge in [-0.05, 0) is 61.7 Å². The van der Waals surface area contributed by atoms with Crippen LogP contribution in [0.5, 0.6) is 5.75 Å². The molecule has 0 aliphatic heterocycles. The van der Waals surface area contributed by atoms with E-state index in [4.69, 9.17) is 4.74 Å². The van der Waals surface area contributed by atoms with Crippen LogP contribution in [-0.2, 0) is 6.42 Å². The number of hydrogen-bond donors (Lipinski definition) is 1. The molecule has 0 fully saturated rings. The van der Waals surface area contributed by atoms with Crippen molar-refractivity contribution >= 4 is 11.5 Å². The molecular formula is C21H25NO2. The maximum Gasteiger partial charge on any atom is 0.187 e. The van der Waals surface area contributed by atoms with Gasteiger partial charge in [-0.2, -0.15) is 0 Å². The highest BCUT2D eigenvalue weighted by Gasteiger charge is 2.02. The fourth-order valence-corrected chi connectivity index (χ4v) is 2.34. The molecule has 126 valence electrons. The van der Waals surface area contributed by atoms with Crippen LogP contribution >= 0.6 is 0 Å². The van der Waals surface area contributed by atoms with Gasteiger partial charge in [0.2, 0.25) is 0 Å². The smallest absolute Gasteiger partial charge is 0.187 e. The minimum Gasteiger partial charge on any atom is -0.494 e. The van der Waals surface area contributed by atoms with Crippen LogP contribution in [0, 0.1) is 0 Å². The van der Waals surface area contributed by atoms with Gasteiger partial charge < -0.3 is 10.1 Å². The van der Waals surface area contributed by atoms with E-state index >= 15 is 0 Å². The Morgan fingerprint density at radius 3 is 2.38 bits per heavy atom. The van der Waals surface area contributed by atoms with Crippen molar-refractivity contribution in [2.45, 2.75) is 33.1 Å². The Hall–Kier alpha value is -2.55. The molecule has 0 aliphatic rings. The quantitative estimate of drug-likeness (QED) is 0.507. The van der Waals surface area contributed by atoms with E-state index in [1.54, 1.807) is 24.4 Å². The first-order valence-electron chi connectivity index (χ1n) is 8.52. The molecule has 0 amide bonds. The highest BCUT2D eigenvalue weighted by molar-refractivity contribution is 6.04. The molecule has 0 unspecified atom stereocenters. The Morgan fingerprint density at radius 2 is 1.75 bits per heavy atom. The van der Waals surface area contributed by atoms with Gasteiger partial charge in [-0.1, -0.05) is 25.5 Å². The summed E-state index contributed by atoms with van der Waals surface area (Å²) >= 11 is 0. The molecule has 2 aromatic carbocycles. The lowest BCUT2D eigenvalue weighted by molar-refractivity contribution is 0.104. The Labute approximate surface area is 144 Å². The third-order valence-electron chi connectivity index (χ3n) is 3.71. The summed E-state index contributed by atoms with van der Waals surface area (Å²) < 4.78 is 5.37. The minimum atomic E-state index is -0.0369. The molecule has 0 bridgehead atoms. The predicted octanol–water partition coefficient (Wildman–Crippen LogP) is 5.24. The van der Waals surface area contributed by atoms with Crippen LogP contribution in [0.15, 0.2) is 60.8 Å². The second-order valence-electron chi connectivity index (χ2n) is 5.60. The molecule has 0 atom stereocenters. The zero-order valence-electron chi connectivity index (χ0n) is 14.4. The number of ketones is 1. The van der Waals surface area contributed by atoms with Crippen LogP contribution in [0.1, 0.15) is 42.6 Å². The van der Waals surface area contributed by atoms with Gasteiger partial charge in [-0.25, -0.2) is 0 Å². The molecule has 0 spiro atoms. The van der Waals surface area contributed by atoms with Crippen LogP contribution in [0.2, 0.25) is 0 Å². The van der Waals surface area contributed by atoms with E-state index in [0.717, 1.165) is 17.9 Å². The number of allylic oxidation sites excluding steroid dienone is 1. The van der Waals surface area contributed by atoms with Crippen molar-refractivity contribution in [2.24, 2.45) is 0 Å². The number of carbonyl (C=O) groups is 1. The van der Waals surface area contributed by atoms with E-state index in [1.807, 2.05) is 31.2 Å². The number of benzene rings is 2. The molecule has 2 rings (SSSR count). The molecule has 0 saturated heterocycles. The summed E-state index contributed by atoms with van der Waals surface area (Å²) in [4.78, 5) is 12.1. The van der Waals surface area contributed by atoms with Crippen molar-refractivity contribution in [3.8, 4) is 5.75 Å². The summed E-state index contributed by atoms with van der Waals surface area (Å²) in [5.74, 6) is 0.740. The van der Waals surface area contributed by atoms with Gasteiger partial charge in [-0.3, -0.25) is 4.79 Å². The molecular weight excluding hydrogens is 298 g/mol. The van der Waals surface area contributed by atoms with Crippen LogP contribution < -0.4 is 10.1 Å². The number of aryl methyl sites for hydroxylation is 1. The monoisotopic (exact) mass is 323 g/mol. The lowest BCUT2D eigenvalue weighted by atomic mass is 10.1. The van der Waals surface area contributed by atoms with Crippen molar-refractivity contribution in [3.05, 3.63) is 71.9 Å². The van der Waals surface area contributed by atoms with Crippen LogP contribution in [0.3, 0.4) is 0 Å². The van der Waals surface area contributed by atoms with Gasteiger partial charge in [0.05, 0.1) is 6.61 Å². The van der Waals surface area contributed by atoms with Gasteiger partial charge in [0.15, 0.2) is 5.78 Å². The average molecular weight is 323 g/mol. The molecule has 0 saturated carbocycles. The standard InChI is InChI=1S/C21H25NO2/c1-3-5-6-17-7-11-19(12-8-17)22-16-15-21(23)18-9-13-20(14-10-18)24-4-2/h7-16,22H,3-6H2,1-2H3. The molecule has 0 heterocycles. The fraction of sp³-hybridized carbons (Fsp3) is 0.286. The Kier molecular flexibility index (Phi) is 7.09. The van der Waals surface area contributed by atoms with Crippen molar-refractivity contribution in [3.63, 3.8) is 0 Å². The second kappa shape index (κ2) is 9.56. The second-order valence-corrected chi connectivity index (χ2v) is 5.60. The first-order valence-corrected chi connectivity index (χ1v) is 8.52. The van der Waals surface area contributed by atoms with Gasteiger partial charge in [0.25, 0.3) is 0 Å². The van der Waals surface area contributed by atoms with Crippen LogP contribution in [0.25, 0.3) is 0 Å². The molecule has 0 aliphatic carbocycles. The number of ether oxygens (including phenoxy) is 1. The van der Waals surface area contributed by atoms with Crippen molar-refractivity contribution in [1.82, 2.24) is 0 Å². The minimum absolute atomic E-state index is 0.0369. The topological polar surface area (TPSA) is 38.3 Å². The zero-order valence-corrected chi connectivity index (χ0v) is 14.4. The molecule has 0 radical (unpaired) electrons. The zero-order chi connectivity index (χ0) is 17.2. The summed E-state index contributed by atoms with van der Waals surface area (Å²) in [7, 11) is 0. The fourth-order valence-electron chi connectivity index (χ4n) is 2.34. The SMILES string of the molecule is CCCCc1ccc(NC=CC(=O)c2ccc(OCC)cc2)cc1. The van der Waals surface area contributed by atoms with E-state index in [-0.39, 0.29) is 5.78 Å². The number of rotatable bonds is 9. The molecule has 24 heavy (non-hydrogen) atoms. The van der Waals surface area contributed by atoms with Gasteiger partial charge >= 0.3 is 0 Å². The van der Waals surface area contributed by atoms with Crippen molar-refractivity contribution < 1.29 is 9.53 Å². The van der Waals surface area contributed by atoms with E-state index in [1.165, 1.54) is 18.4 Å². The third-order valence-corrected chi connectivity index (χ3v) is 3.71.